The molecule has 2 nitrogen and oxygen atoms in total. The van der Waals surface area contributed by atoms with Gasteiger partial charge < -0.3 is 9.52 Å². The van der Waals surface area contributed by atoms with E-state index in [4.69, 9.17) is 9.52 Å². The summed E-state index contributed by atoms with van der Waals surface area (Å²) >= 11 is 3.23. The number of benzene rings is 1. The highest BCUT2D eigenvalue weighted by Gasteiger charge is 2.10. The van der Waals surface area contributed by atoms with Crippen molar-refractivity contribution in [3.05, 3.63) is 34.2 Å². The van der Waals surface area contributed by atoms with Crippen molar-refractivity contribution in [2.45, 2.75) is 6.61 Å². The molecule has 2 rings (SSSR count). The third kappa shape index (κ3) is 1.36. The SMILES string of the molecule is OCc1cc2c(F)ccc(Br)c2o1. The molecule has 4 heteroatoms. The third-order valence-electron chi connectivity index (χ3n) is 1.79. The molecule has 13 heavy (non-hydrogen) atoms. The quantitative estimate of drug-likeness (QED) is 0.837. The van der Waals surface area contributed by atoms with Crippen LogP contribution in [0.1, 0.15) is 5.76 Å². The summed E-state index contributed by atoms with van der Waals surface area (Å²) in [6.07, 6.45) is 0. The van der Waals surface area contributed by atoms with Gasteiger partial charge in [0.25, 0.3) is 0 Å². The summed E-state index contributed by atoms with van der Waals surface area (Å²) in [5.41, 5.74) is 0.434. The molecule has 0 radical (unpaired) electrons. The van der Waals surface area contributed by atoms with Gasteiger partial charge in [-0.05, 0) is 34.1 Å². The molecule has 1 aromatic heterocycles. The minimum absolute atomic E-state index is 0.222. The van der Waals surface area contributed by atoms with E-state index in [0.717, 1.165) is 0 Å². The first-order valence-corrected chi connectivity index (χ1v) is 4.49. The average Bonchev–Trinajstić information content (AvgIpc) is 2.56. The predicted molar refractivity (Wildman–Crippen MR) is 49.8 cm³/mol. The molecule has 0 spiro atoms. The van der Waals surface area contributed by atoms with E-state index < -0.39 is 0 Å². The van der Waals surface area contributed by atoms with Crippen molar-refractivity contribution in [3.8, 4) is 0 Å². The Labute approximate surface area is 82.1 Å². The van der Waals surface area contributed by atoms with E-state index in [1.54, 1.807) is 6.07 Å². The highest BCUT2D eigenvalue weighted by molar-refractivity contribution is 9.10. The lowest BCUT2D eigenvalue weighted by Gasteiger charge is -1.92. The van der Waals surface area contributed by atoms with Crippen molar-refractivity contribution in [3.63, 3.8) is 0 Å². The third-order valence-corrected chi connectivity index (χ3v) is 2.41. The maximum absolute atomic E-state index is 13.2. The fourth-order valence-electron chi connectivity index (χ4n) is 1.19. The monoisotopic (exact) mass is 244 g/mol. The molecule has 2 aromatic rings. The summed E-state index contributed by atoms with van der Waals surface area (Å²) in [6, 6.07) is 4.42. The zero-order valence-electron chi connectivity index (χ0n) is 6.55. The Morgan fingerprint density at radius 2 is 2.23 bits per heavy atom. The minimum atomic E-state index is -0.346. The van der Waals surface area contributed by atoms with Crippen LogP contribution >= 0.6 is 15.9 Å². The second-order valence-electron chi connectivity index (χ2n) is 2.64. The topological polar surface area (TPSA) is 33.4 Å². The Morgan fingerprint density at radius 1 is 1.46 bits per heavy atom. The first-order valence-electron chi connectivity index (χ1n) is 3.69. The van der Waals surface area contributed by atoms with Crippen LogP contribution < -0.4 is 0 Å². The number of rotatable bonds is 1. The van der Waals surface area contributed by atoms with Crippen LogP contribution in [0.5, 0.6) is 0 Å². The van der Waals surface area contributed by atoms with E-state index in [1.807, 2.05) is 0 Å². The van der Waals surface area contributed by atoms with E-state index in [2.05, 4.69) is 15.9 Å². The summed E-state index contributed by atoms with van der Waals surface area (Å²) in [5.74, 6) is 0.0162. The smallest absolute Gasteiger partial charge is 0.151 e. The second-order valence-corrected chi connectivity index (χ2v) is 3.50. The Morgan fingerprint density at radius 3 is 2.85 bits per heavy atom. The Balaban J connectivity index is 2.80. The summed E-state index contributed by atoms with van der Waals surface area (Å²) in [4.78, 5) is 0. The first-order chi connectivity index (χ1) is 6.22. The van der Waals surface area contributed by atoms with Gasteiger partial charge in [-0.15, -0.1) is 0 Å². The molecule has 0 fully saturated rings. The Hall–Kier alpha value is -0.870. The van der Waals surface area contributed by atoms with Gasteiger partial charge >= 0.3 is 0 Å². The van der Waals surface area contributed by atoms with Crippen molar-refractivity contribution in [1.82, 2.24) is 0 Å². The van der Waals surface area contributed by atoms with Crippen LogP contribution in [0, 0.1) is 5.82 Å². The maximum Gasteiger partial charge on any atom is 0.151 e. The predicted octanol–water partition coefficient (Wildman–Crippen LogP) is 2.83. The molecule has 0 bridgehead atoms. The van der Waals surface area contributed by atoms with Gasteiger partial charge in [0.15, 0.2) is 5.58 Å². The molecule has 0 amide bonds. The lowest BCUT2D eigenvalue weighted by Crippen LogP contribution is -1.74. The minimum Gasteiger partial charge on any atom is -0.457 e. The van der Waals surface area contributed by atoms with Gasteiger partial charge in [0, 0.05) is 0 Å². The molecule has 0 aliphatic carbocycles. The number of hydrogen-bond donors (Lipinski definition) is 1. The summed E-state index contributed by atoms with van der Waals surface area (Å²) in [5, 5.41) is 9.18. The molecule has 1 aromatic carbocycles. The van der Waals surface area contributed by atoms with Crippen LogP contribution in [-0.2, 0) is 6.61 Å². The largest absolute Gasteiger partial charge is 0.457 e. The standard InChI is InChI=1S/C9H6BrFO2/c10-7-1-2-8(11)6-3-5(4-12)13-9(6)7/h1-3,12H,4H2. The van der Waals surface area contributed by atoms with Crippen LogP contribution in [0.4, 0.5) is 4.39 Å². The average molecular weight is 245 g/mol. The van der Waals surface area contributed by atoms with Crippen LogP contribution in [0.3, 0.4) is 0 Å². The Kier molecular flexibility index (Phi) is 2.09. The molecule has 0 saturated heterocycles. The van der Waals surface area contributed by atoms with Crippen LogP contribution in [0.2, 0.25) is 0 Å². The van der Waals surface area contributed by atoms with E-state index in [1.165, 1.54) is 12.1 Å². The number of furan rings is 1. The van der Waals surface area contributed by atoms with Gasteiger partial charge in [0.05, 0.1) is 9.86 Å². The number of aliphatic hydroxyl groups excluding tert-OH is 1. The van der Waals surface area contributed by atoms with Crippen molar-refractivity contribution in [2.24, 2.45) is 0 Å². The molecular formula is C9H6BrFO2. The number of aliphatic hydroxyl groups is 1. The highest BCUT2D eigenvalue weighted by Crippen LogP contribution is 2.29. The molecule has 0 aliphatic rings. The zero-order chi connectivity index (χ0) is 9.42. The summed E-state index contributed by atoms with van der Waals surface area (Å²) in [6.45, 7) is -0.222. The molecule has 0 saturated carbocycles. The zero-order valence-corrected chi connectivity index (χ0v) is 8.14. The lowest BCUT2D eigenvalue weighted by molar-refractivity contribution is 0.251. The normalized spacial score (nSPS) is 11.0. The van der Waals surface area contributed by atoms with Crippen molar-refractivity contribution < 1.29 is 13.9 Å². The van der Waals surface area contributed by atoms with Gasteiger partial charge in [0.1, 0.15) is 18.2 Å². The molecular weight excluding hydrogens is 239 g/mol. The van der Waals surface area contributed by atoms with Gasteiger partial charge in [0.2, 0.25) is 0 Å². The highest BCUT2D eigenvalue weighted by atomic mass is 79.9. The van der Waals surface area contributed by atoms with Crippen LogP contribution in [0.25, 0.3) is 11.0 Å². The number of halogens is 2. The van der Waals surface area contributed by atoms with Crippen molar-refractivity contribution >= 4 is 26.9 Å². The van der Waals surface area contributed by atoms with E-state index in [0.29, 0.717) is 21.2 Å². The second kappa shape index (κ2) is 3.12. The van der Waals surface area contributed by atoms with Gasteiger partial charge in [-0.3, -0.25) is 0 Å². The van der Waals surface area contributed by atoms with Gasteiger partial charge in [-0.25, -0.2) is 4.39 Å². The van der Waals surface area contributed by atoms with E-state index >= 15 is 0 Å². The summed E-state index contributed by atoms with van der Waals surface area (Å²) in [7, 11) is 0. The first kappa shape index (κ1) is 8.72. The molecule has 0 unspecified atom stereocenters. The molecule has 1 N–H and O–H groups in total. The summed E-state index contributed by atoms with van der Waals surface area (Å²) < 4.78 is 19.0. The lowest BCUT2D eigenvalue weighted by atomic mass is 10.2. The van der Waals surface area contributed by atoms with Crippen molar-refractivity contribution in [1.29, 1.82) is 0 Å². The van der Waals surface area contributed by atoms with Crippen LogP contribution in [0.15, 0.2) is 27.1 Å². The fraction of sp³-hybridized carbons (Fsp3) is 0.111. The Bertz CT molecular complexity index is 411. The molecule has 1 heterocycles. The van der Waals surface area contributed by atoms with Gasteiger partial charge in [-0.2, -0.15) is 0 Å². The van der Waals surface area contributed by atoms with E-state index in [-0.39, 0.29) is 12.4 Å². The van der Waals surface area contributed by atoms with Crippen molar-refractivity contribution in [2.75, 3.05) is 0 Å². The van der Waals surface area contributed by atoms with Crippen LogP contribution in [-0.4, -0.2) is 5.11 Å². The van der Waals surface area contributed by atoms with Gasteiger partial charge in [-0.1, -0.05) is 0 Å². The number of fused-ring (bicyclic) bond motifs is 1. The molecule has 68 valence electrons. The fourth-order valence-corrected chi connectivity index (χ4v) is 1.61. The molecule has 0 atom stereocenters. The maximum atomic E-state index is 13.2. The van der Waals surface area contributed by atoms with E-state index in [9.17, 15) is 4.39 Å². The molecule has 0 aliphatic heterocycles. The number of hydrogen-bond acceptors (Lipinski definition) is 2.